The van der Waals surface area contributed by atoms with Gasteiger partial charge in [-0.1, -0.05) is 24.3 Å². The summed E-state index contributed by atoms with van der Waals surface area (Å²) in [7, 11) is 0. The third-order valence-corrected chi connectivity index (χ3v) is 4.25. The lowest BCUT2D eigenvalue weighted by atomic mass is 10.1. The predicted octanol–water partition coefficient (Wildman–Crippen LogP) is 2.20. The summed E-state index contributed by atoms with van der Waals surface area (Å²) in [5.41, 5.74) is 7.55. The number of carbonyl (C=O) groups excluding carboxylic acids is 2. The van der Waals surface area contributed by atoms with Crippen LogP contribution in [-0.4, -0.2) is 24.9 Å². The first-order valence-electron chi connectivity index (χ1n) is 7.58. The first-order valence-corrected chi connectivity index (χ1v) is 8.46. The van der Waals surface area contributed by atoms with E-state index in [2.05, 4.69) is 10.6 Å². The molecule has 0 fully saturated rings. The Bertz CT molecular complexity index is 641. The lowest BCUT2D eigenvalue weighted by Crippen LogP contribution is -2.29. The second-order valence-electron chi connectivity index (χ2n) is 5.14. The van der Waals surface area contributed by atoms with Gasteiger partial charge in [0.15, 0.2) is 0 Å². The monoisotopic (exact) mass is 331 g/mol. The number of amides is 2. The summed E-state index contributed by atoms with van der Waals surface area (Å²) in [5, 5.41) is 7.55. The number of thiophene rings is 1. The number of nitrogens with two attached hydrogens (primary N) is 1. The largest absolute Gasteiger partial charge is 0.399 e. The van der Waals surface area contributed by atoms with Crippen LogP contribution in [0.5, 0.6) is 0 Å². The summed E-state index contributed by atoms with van der Waals surface area (Å²) >= 11 is 1.41. The van der Waals surface area contributed by atoms with Crippen LogP contribution in [0, 0.1) is 0 Å². The van der Waals surface area contributed by atoms with E-state index in [9.17, 15) is 9.59 Å². The molecule has 0 spiro atoms. The van der Waals surface area contributed by atoms with Gasteiger partial charge in [0.1, 0.15) is 0 Å². The van der Waals surface area contributed by atoms with Crippen LogP contribution in [0.25, 0.3) is 0 Å². The minimum Gasteiger partial charge on any atom is -0.399 e. The topological polar surface area (TPSA) is 84.2 Å². The van der Waals surface area contributed by atoms with Crippen molar-refractivity contribution in [2.75, 3.05) is 18.8 Å². The number of anilines is 1. The van der Waals surface area contributed by atoms with Crippen LogP contribution in [0.2, 0.25) is 0 Å². The predicted molar refractivity (Wildman–Crippen MR) is 93.5 cm³/mol. The van der Waals surface area contributed by atoms with Crippen molar-refractivity contribution in [3.05, 3.63) is 52.2 Å². The number of hydrogen-bond acceptors (Lipinski definition) is 4. The maximum atomic E-state index is 11.8. The van der Waals surface area contributed by atoms with E-state index in [0.717, 1.165) is 11.3 Å². The van der Waals surface area contributed by atoms with Gasteiger partial charge in [-0.15, -0.1) is 11.3 Å². The van der Waals surface area contributed by atoms with E-state index in [1.807, 2.05) is 35.7 Å². The van der Waals surface area contributed by atoms with Crippen LogP contribution in [0.1, 0.15) is 28.1 Å². The van der Waals surface area contributed by atoms with Crippen LogP contribution < -0.4 is 16.4 Å². The van der Waals surface area contributed by atoms with E-state index < -0.39 is 0 Å². The Morgan fingerprint density at radius 3 is 2.57 bits per heavy atom. The molecule has 6 heteroatoms. The zero-order chi connectivity index (χ0) is 16.5. The fourth-order valence-electron chi connectivity index (χ4n) is 2.11. The molecule has 122 valence electrons. The molecule has 0 atom stereocenters. The zero-order valence-corrected chi connectivity index (χ0v) is 13.7. The van der Waals surface area contributed by atoms with Gasteiger partial charge in [0.05, 0.1) is 4.88 Å². The standard InChI is InChI=1S/C17H21N3O2S/c18-14-6-2-1-5-13(14)8-9-16(21)19-10-4-11-20-17(22)15-7-3-12-23-15/h1-3,5-7,12H,4,8-11,18H2,(H,19,21)(H,20,22). The lowest BCUT2D eigenvalue weighted by Gasteiger charge is -2.07. The molecule has 0 unspecified atom stereocenters. The maximum absolute atomic E-state index is 11.8. The smallest absolute Gasteiger partial charge is 0.261 e. The number of nitrogens with one attached hydrogen (secondary N) is 2. The molecule has 1 aromatic carbocycles. The summed E-state index contributed by atoms with van der Waals surface area (Å²) in [4.78, 5) is 24.2. The van der Waals surface area contributed by atoms with Crippen LogP contribution in [0.15, 0.2) is 41.8 Å². The van der Waals surface area contributed by atoms with E-state index in [4.69, 9.17) is 5.73 Å². The molecule has 0 saturated heterocycles. The summed E-state index contributed by atoms with van der Waals surface area (Å²) in [6.07, 6.45) is 1.75. The van der Waals surface area contributed by atoms with Gasteiger partial charge in [-0.25, -0.2) is 0 Å². The SMILES string of the molecule is Nc1ccccc1CCC(=O)NCCCNC(=O)c1cccs1. The second kappa shape index (κ2) is 8.95. The Morgan fingerprint density at radius 2 is 1.83 bits per heavy atom. The van der Waals surface area contributed by atoms with Gasteiger partial charge < -0.3 is 16.4 Å². The van der Waals surface area contributed by atoms with Crippen molar-refractivity contribution in [1.29, 1.82) is 0 Å². The average Bonchev–Trinajstić information content (AvgIpc) is 3.08. The number of rotatable bonds is 8. The summed E-state index contributed by atoms with van der Waals surface area (Å²) in [6.45, 7) is 1.09. The third-order valence-electron chi connectivity index (χ3n) is 3.38. The highest BCUT2D eigenvalue weighted by Gasteiger charge is 2.06. The quantitative estimate of drug-likeness (QED) is 0.512. The zero-order valence-electron chi connectivity index (χ0n) is 12.9. The van der Waals surface area contributed by atoms with E-state index in [1.54, 1.807) is 6.07 Å². The first-order chi connectivity index (χ1) is 11.2. The van der Waals surface area contributed by atoms with Crippen LogP contribution in [0.4, 0.5) is 5.69 Å². The Kier molecular flexibility index (Phi) is 6.62. The van der Waals surface area contributed by atoms with Crippen LogP contribution in [0.3, 0.4) is 0 Å². The highest BCUT2D eigenvalue weighted by atomic mass is 32.1. The van der Waals surface area contributed by atoms with E-state index >= 15 is 0 Å². The van der Waals surface area contributed by atoms with Gasteiger partial charge in [-0.05, 0) is 35.9 Å². The number of aryl methyl sites for hydroxylation is 1. The van der Waals surface area contributed by atoms with Crippen molar-refractivity contribution in [1.82, 2.24) is 10.6 Å². The van der Waals surface area contributed by atoms with Gasteiger partial charge in [-0.2, -0.15) is 0 Å². The van der Waals surface area contributed by atoms with Crippen molar-refractivity contribution < 1.29 is 9.59 Å². The molecule has 4 N–H and O–H groups in total. The molecule has 5 nitrogen and oxygen atoms in total. The molecule has 0 aliphatic heterocycles. The van der Waals surface area contributed by atoms with Gasteiger partial charge in [-0.3, -0.25) is 9.59 Å². The van der Waals surface area contributed by atoms with Crippen molar-refractivity contribution >= 4 is 28.8 Å². The summed E-state index contributed by atoms with van der Waals surface area (Å²) in [5.74, 6) is -0.0660. The third kappa shape index (κ3) is 5.75. The van der Waals surface area contributed by atoms with E-state index in [-0.39, 0.29) is 11.8 Å². The highest BCUT2D eigenvalue weighted by molar-refractivity contribution is 7.12. The van der Waals surface area contributed by atoms with Gasteiger partial charge in [0.2, 0.25) is 5.91 Å². The number of para-hydroxylation sites is 1. The van der Waals surface area contributed by atoms with Gasteiger partial charge >= 0.3 is 0 Å². The second-order valence-corrected chi connectivity index (χ2v) is 6.08. The molecule has 0 radical (unpaired) electrons. The number of nitrogen functional groups attached to an aromatic ring is 1. The Hall–Kier alpha value is -2.34. The lowest BCUT2D eigenvalue weighted by molar-refractivity contribution is -0.121. The number of carbonyl (C=O) groups is 2. The normalized spacial score (nSPS) is 10.3. The maximum Gasteiger partial charge on any atom is 0.261 e. The molecular formula is C17H21N3O2S. The van der Waals surface area contributed by atoms with Crippen LogP contribution >= 0.6 is 11.3 Å². The molecule has 1 heterocycles. The fourth-order valence-corrected chi connectivity index (χ4v) is 2.75. The van der Waals surface area contributed by atoms with Crippen molar-refractivity contribution in [2.24, 2.45) is 0 Å². The van der Waals surface area contributed by atoms with Crippen molar-refractivity contribution in [3.8, 4) is 0 Å². The first kappa shape index (κ1) is 17.0. The minimum absolute atomic E-state index is 0.00200. The molecule has 2 rings (SSSR count). The minimum atomic E-state index is -0.0640. The van der Waals surface area contributed by atoms with Crippen LogP contribution in [-0.2, 0) is 11.2 Å². The Balaban J connectivity index is 1.56. The molecule has 0 aliphatic carbocycles. The Labute approximate surface area is 139 Å². The fraction of sp³-hybridized carbons (Fsp3) is 0.294. The average molecular weight is 331 g/mol. The molecule has 2 amide bonds. The highest BCUT2D eigenvalue weighted by Crippen LogP contribution is 2.12. The summed E-state index contributed by atoms with van der Waals surface area (Å²) < 4.78 is 0. The molecule has 23 heavy (non-hydrogen) atoms. The number of benzene rings is 1. The Morgan fingerprint density at radius 1 is 1.04 bits per heavy atom. The van der Waals surface area contributed by atoms with E-state index in [1.165, 1.54) is 11.3 Å². The van der Waals surface area contributed by atoms with Gasteiger partial charge in [0.25, 0.3) is 5.91 Å². The molecule has 0 saturated carbocycles. The van der Waals surface area contributed by atoms with Crippen molar-refractivity contribution in [3.63, 3.8) is 0 Å². The van der Waals surface area contributed by atoms with Crippen molar-refractivity contribution in [2.45, 2.75) is 19.3 Å². The van der Waals surface area contributed by atoms with E-state index in [0.29, 0.717) is 37.2 Å². The molecule has 1 aromatic heterocycles. The molecule has 0 aliphatic rings. The molecular weight excluding hydrogens is 310 g/mol. The van der Waals surface area contributed by atoms with Gasteiger partial charge in [0, 0.05) is 25.2 Å². The number of hydrogen-bond donors (Lipinski definition) is 3. The molecule has 0 bridgehead atoms. The molecule has 2 aromatic rings. The summed E-state index contributed by atoms with van der Waals surface area (Å²) in [6, 6.07) is 11.2.